The van der Waals surface area contributed by atoms with E-state index in [0.717, 1.165) is 6.42 Å². The molecule has 1 aliphatic heterocycles. The number of ether oxygens (including phenoxy) is 1. The quantitative estimate of drug-likeness (QED) is 0.807. The van der Waals surface area contributed by atoms with Gasteiger partial charge >= 0.3 is 0 Å². The zero-order valence-electron chi connectivity index (χ0n) is 11.3. The van der Waals surface area contributed by atoms with Crippen LogP contribution < -0.4 is 0 Å². The number of para-hydroxylation sites is 1. The standard InChI is InChI=1S/C13H14ClN3O3S/c1-9-11(7-8-20-9)12-15-16-13(21(14,18)19)17(12)10-5-3-2-4-6-10/h2-6,9,11H,7-8H2,1H3. The summed E-state index contributed by atoms with van der Waals surface area (Å²) in [7, 11) is 1.50. The molecular formula is C13H14ClN3O3S. The second-order valence-electron chi connectivity index (χ2n) is 4.92. The molecule has 2 unspecified atom stereocenters. The topological polar surface area (TPSA) is 74.1 Å². The fourth-order valence-electron chi connectivity index (χ4n) is 2.57. The van der Waals surface area contributed by atoms with Gasteiger partial charge < -0.3 is 4.74 Å². The van der Waals surface area contributed by atoms with Gasteiger partial charge in [0.05, 0.1) is 6.10 Å². The molecule has 0 amide bonds. The maximum atomic E-state index is 11.7. The maximum Gasteiger partial charge on any atom is 0.297 e. The van der Waals surface area contributed by atoms with Crippen molar-refractivity contribution in [3.05, 3.63) is 36.2 Å². The summed E-state index contributed by atoms with van der Waals surface area (Å²) in [6, 6.07) is 9.07. The van der Waals surface area contributed by atoms with Crippen LogP contribution in [0.15, 0.2) is 35.5 Å². The summed E-state index contributed by atoms with van der Waals surface area (Å²) < 4.78 is 30.5. The minimum absolute atomic E-state index is 0.00938. The highest BCUT2D eigenvalue weighted by Crippen LogP contribution is 2.33. The maximum absolute atomic E-state index is 11.7. The van der Waals surface area contributed by atoms with Gasteiger partial charge in [-0.3, -0.25) is 4.57 Å². The summed E-state index contributed by atoms with van der Waals surface area (Å²) in [4.78, 5) is 0. The van der Waals surface area contributed by atoms with Gasteiger partial charge in [-0.15, -0.1) is 10.2 Å². The Bertz CT molecular complexity index is 745. The van der Waals surface area contributed by atoms with E-state index in [1.807, 2.05) is 25.1 Å². The van der Waals surface area contributed by atoms with Crippen molar-refractivity contribution in [3.8, 4) is 5.69 Å². The van der Waals surface area contributed by atoms with E-state index in [0.29, 0.717) is 18.1 Å². The third-order valence-corrected chi connectivity index (χ3v) is 4.71. The first-order valence-electron chi connectivity index (χ1n) is 6.55. The van der Waals surface area contributed by atoms with Crippen LogP contribution in [0.25, 0.3) is 5.69 Å². The fraction of sp³-hybridized carbons (Fsp3) is 0.385. The van der Waals surface area contributed by atoms with Crippen molar-refractivity contribution in [2.45, 2.75) is 30.5 Å². The predicted molar refractivity (Wildman–Crippen MR) is 77.2 cm³/mol. The molecule has 2 aromatic rings. The third-order valence-electron chi connectivity index (χ3n) is 3.60. The molecule has 0 bridgehead atoms. The molecule has 112 valence electrons. The Morgan fingerprint density at radius 1 is 1.29 bits per heavy atom. The lowest BCUT2D eigenvalue weighted by atomic mass is 10.0. The number of nitrogens with zero attached hydrogens (tertiary/aromatic N) is 3. The molecule has 0 aliphatic carbocycles. The van der Waals surface area contributed by atoms with Crippen molar-refractivity contribution in [3.63, 3.8) is 0 Å². The van der Waals surface area contributed by atoms with E-state index < -0.39 is 9.05 Å². The van der Waals surface area contributed by atoms with E-state index in [1.54, 1.807) is 12.1 Å². The van der Waals surface area contributed by atoms with Gasteiger partial charge in [0, 0.05) is 28.9 Å². The van der Waals surface area contributed by atoms with Gasteiger partial charge in [-0.05, 0) is 25.5 Å². The molecule has 2 atom stereocenters. The molecule has 1 aromatic carbocycles. The lowest BCUT2D eigenvalue weighted by Crippen LogP contribution is -2.16. The van der Waals surface area contributed by atoms with Gasteiger partial charge in [-0.25, -0.2) is 8.42 Å². The first kappa shape index (κ1) is 14.5. The van der Waals surface area contributed by atoms with Crippen molar-refractivity contribution < 1.29 is 13.2 Å². The van der Waals surface area contributed by atoms with Gasteiger partial charge in [0.2, 0.25) is 0 Å². The van der Waals surface area contributed by atoms with Crippen LogP contribution >= 0.6 is 10.7 Å². The molecule has 21 heavy (non-hydrogen) atoms. The van der Waals surface area contributed by atoms with Gasteiger partial charge in [0.25, 0.3) is 14.2 Å². The van der Waals surface area contributed by atoms with Crippen LogP contribution in [0.4, 0.5) is 0 Å². The van der Waals surface area contributed by atoms with E-state index in [2.05, 4.69) is 10.2 Å². The molecule has 0 radical (unpaired) electrons. The van der Waals surface area contributed by atoms with Gasteiger partial charge in [-0.1, -0.05) is 18.2 Å². The van der Waals surface area contributed by atoms with E-state index in [4.69, 9.17) is 15.4 Å². The molecule has 1 saturated heterocycles. The highest BCUT2D eigenvalue weighted by Gasteiger charge is 2.34. The molecule has 0 saturated carbocycles. The average Bonchev–Trinajstić information content (AvgIpc) is 3.04. The molecule has 1 aromatic heterocycles. The Morgan fingerprint density at radius 3 is 2.57 bits per heavy atom. The van der Waals surface area contributed by atoms with Crippen LogP contribution in [0, 0.1) is 0 Å². The summed E-state index contributed by atoms with van der Waals surface area (Å²) in [5.41, 5.74) is 0.663. The van der Waals surface area contributed by atoms with Gasteiger partial charge in [0.1, 0.15) is 5.82 Å². The van der Waals surface area contributed by atoms with Crippen molar-refractivity contribution in [1.82, 2.24) is 14.8 Å². The molecular weight excluding hydrogens is 314 g/mol. The van der Waals surface area contributed by atoms with E-state index in [1.165, 1.54) is 4.57 Å². The highest BCUT2D eigenvalue weighted by atomic mass is 35.7. The molecule has 3 rings (SSSR count). The van der Waals surface area contributed by atoms with Crippen LogP contribution in [0.5, 0.6) is 0 Å². The average molecular weight is 328 g/mol. The van der Waals surface area contributed by atoms with Gasteiger partial charge in [-0.2, -0.15) is 0 Å². The smallest absolute Gasteiger partial charge is 0.297 e. The summed E-state index contributed by atoms with van der Waals surface area (Å²) in [6.07, 6.45) is 0.733. The Morgan fingerprint density at radius 2 is 2.00 bits per heavy atom. The number of rotatable bonds is 3. The molecule has 1 aliphatic rings. The van der Waals surface area contributed by atoms with Gasteiger partial charge in [0.15, 0.2) is 0 Å². The zero-order valence-corrected chi connectivity index (χ0v) is 12.9. The Labute approximate surface area is 127 Å². The van der Waals surface area contributed by atoms with E-state index in [9.17, 15) is 8.42 Å². The molecule has 2 heterocycles. The largest absolute Gasteiger partial charge is 0.378 e. The Hall–Kier alpha value is -1.44. The number of hydrogen-bond acceptors (Lipinski definition) is 5. The summed E-state index contributed by atoms with van der Waals surface area (Å²) in [6.45, 7) is 2.56. The minimum atomic E-state index is -3.99. The van der Waals surface area contributed by atoms with Crippen LogP contribution in [0.1, 0.15) is 25.1 Å². The Balaban J connectivity index is 2.20. The van der Waals surface area contributed by atoms with Crippen LogP contribution in [0.2, 0.25) is 0 Å². The third kappa shape index (κ3) is 2.68. The monoisotopic (exact) mass is 327 g/mol. The molecule has 6 nitrogen and oxygen atoms in total. The summed E-state index contributed by atoms with van der Waals surface area (Å²) >= 11 is 0. The number of benzene rings is 1. The molecule has 8 heteroatoms. The summed E-state index contributed by atoms with van der Waals surface area (Å²) in [5.74, 6) is 0.551. The van der Waals surface area contributed by atoms with Crippen LogP contribution in [0.3, 0.4) is 0 Å². The van der Waals surface area contributed by atoms with Crippen LogP contribution in [-0.2, 0) is 13.8 Å². The second-order valence-corrected chi connectivity index (χ2v) is 7.38. The number of hydrogen-bond donors (Lipinski definition) is 0. The molecule has 1 fully saturated rings. The van der Waals surface area contributed by atoms with Crippen LogP contribution in [-0.4, -0.2) is 35.9 Å². The van der Waals surface area contributed by atoms with Crippen molar-refractivity contribution in [2.24, 2.45) is 0 Å². The van der Waals surface area contributed by atoms with Crippen molar-refractivity contribution >= 4 is 19.7 Å². The zero-order chi connectivity index (χ0) is 15.0. The lowest BCUT2D eigenvalue weighted by Gasteiger charge is -2.15. The SMILES string of the molecule is CC1OCCC1c1nnc(S(=O)(=O)Cl)n1-c1ccccc1. The first-order valence-corrected chi connectivity index (χ1v) is 8.86. The second kappa shape index (κ2) is 5.40. The fourth-order valence-corrected chi connectivity index (χ4v) is 3.42. The normalized spacial score (nSPS) is 22.6. The summed E-state index contributed by atoms with van der Waals surface area (Å²) in [5, 5.41) is 7.58. The number of aromatic nitrogens is 3. The highest BCUT2D eigenvalue weighted by molar-refractivity contribution is 8.13. The van der Waals surface area contributed by atoms with Crippen molar-refractivity contribution in [1.29, 1.82) is 0 Å². The number of halogens is 1. The Kier molecular flexibility index (Phi) is 3.73. The van der Waals surface area contributed by atoms with Crippen molar-refractivity contribution in [2.75, 3.05) is 6.61 Å². The first-order chi connectivity index (χ1) is 9.98. The van der Waals surface area contributed by atoms with E-state index >= 15 is 0 Å². The van der Waals surface area contributed by atoms with E-state index in [-0.39, 0.29) is 17.2 Å². The molecule has 0 spiro atoms. The predicted octanol–water partition coefficient (Wildman–Crippen LogP) is 2.09. The lowest BCUT2D eigenvalue weighted by molar-refractivity contribution is 0.117. The molecule has 0 N–H and O–H groups in total. The minimum Gasteiger partial charge on any atom is -0.378 e.